The zero-order valence-electron chi connectivity index (χ0n) is 11.1. The summed E-state index contributed by atoms with van der Waals surface area (Å²) in [6.45, 7) is 3.72. The second-order valence-corrected chi connectivity index (χ2v) is 4.55. The molecule has 2 N–H and O–H groups in total. The number of amides is 1. The molecular formula is C14H19N3O. The number of rotatable bonds is 4. The van der Waals surface area contributed by atoms with E-state index in [0.717, 1.165) is 5.56 Å². The zero-order chi connectivity index (χ0) is 13.7. The number of hydrogen-bond acceptors (Lipinski definition) is 3. The van der Waals surface area contributed by atoms with Crippen LogP contribution in [0.1, 0.15) is 31.7 Å². The predicted molar refractivity (Wildman–Crippen MR) is 71.7 cm³/mol. The van der Waals surface area contributed by atoms with E-state index >= 15 is 0 Å². The molecule has 0 aromatic heterocycles. The lowest BCUT2D eigenvalue weighted by atomic mass is 9.98. The SMILES string of the molecule is CC(C(=O)N(C)C(C)CC#N)c1cccc(N)c1. The second-order valence-electron chi connectivity index (χ2n) is 4.55. The molecule has 1 aromatic carbocycles. The molecule has 4 nitrogen and oxygen atoms in total. The predicted octanol–water partition coefficient (Wildman–Crippen LogP) is 2.13. The maximum Gasteiger partial charge on any atom is 0.229 e. The smallest absolute Gasteiger partial charge is 0.229 e. The van der Waals surface area contributed by atoms with Gasteiger partial charge in [-0.25, -0.2) is 0 Å². The van der Waals surface area contributed by atoms with Crippen molar-refractivity contribution in [1.29, 1.82) is 5.26 Å². The van der Waals surface area contributed by atoms with Gasteiger partial charge in [-0.05, 0) is 31.5 Å². The summed E-state index contributed by atoms with van der Waals surface area (Å²) in [7, 11) is 1.73. The number of nitrogens with two attached hydrogens (primary N) is 1. The van der Waals surface area contributed by atoms with Gasteiger partial charge < -0.3 is 10.6 Å². The van der Waals surface area contributed by atoms with E-state index in [1.165, 1.54) is 0 Å². The number of hydrogen-bond donors (Lipinski definition) is 1. The van der Waals surface area contributed by atoms with Crippen molar-refractivity contribution < 1.29 is 4.79 Å². The number of likely N-dealkylation sites (N-methyl/N-ethyl adjacent to an activating group) is 1. The largest absolute Gasteiger partial charge is 0.399 e. The number of nitrogen functional groups attached to an aromatic ring is 1. The highest BCUT2D eigenvalue weighted by atomic mass is 16.2. The Kier molecular flexibility index (Phi) is 4.73. The molecule has 1 aromatic rings. The molecule has 18 heavy (non-hydrogen) atoms. The Labute approximate surface area is 108 Å². The molecule has 0 heterocycles. The Morgan fingerprint density at radius 2 is 2.17 bits per heavy atom. The lowest BCUT2D eigenvalue weighted by Gasteiger charge is -2.26. The Morgan fingerprint density at radius 1 is 1.50 bits per heavy atom. The Bertz CT molecular complexity index is 464. The van der Waals surface area contributed by atoms with Gasteiger partial charge in [0.1, 0.15) is 0 Å². The summed E-state index contributed by atoms with van der Waals surface area (Å²) < 4.78 is 0. The molecule has 0 aliphatic rings. The molecule has 0 radical (unpaired) electrons. The number of nitrogens with zero attached hydrogens (tertiary/aromatic N) is 2. The van der Waals surface area contributed by atoms with Gasteiger partial charge in [0, 0.05) is 18.8 Å². The van der Waals surface area contributed by atoms with E-state index in [2.05, 4.69) is 6.07 Å². The molecule has 0 spiro atoms. The summed E-state index contributed by atoms with van der Waals surface area (Å²) in [5.74, 6) is -0.247. The lowest BCUT2D eigenvalue weighted by Crippen LogP contribution is -2.37. The zero-order valence-corrected chi connectivity index (χ0v) is 11.1. The number of benzene rings is 1. The highest BCUT2D eigenvalue weighted by Crippen LogP contribution is 2.20. The van der Waals surface area contributed by atoms with Crippen LogP contribution in [0.15, 0.2) is 24.3 Å². The fraction of sp³-hybridized carbons (Fsp3) is 0.429. The van der Waals surface area contributed by atoms with E-state index in [0.29, 0.717) is 12.1 Å². The fourth-order valence-electron chi connectivity index (χ4n) is 1.76. The third kappa shape index (κ3) is 3.24. The van der Waals surface area contributed by atoms with Gasteiger partial charge in [0.05, 0.1) is 18.4 Å². The van der Waals surface area contributed by atoms with Crippen molar-refractivity contribution in [3.8, 4) is 6.07 Å². The summed E-state index contributed by atoms with van der Waals surface area (Å²) in [4.78, 5) is 13.9. The Morgan fingerprint density at radius 3 is 2.72 bits per heavy atom. The Balaban J connectivity index is 2.81. The van der Waals surface area contributed by atoms with Crippen LogP contribution in [0.5, 0.6) is 0 Å². The van der Waals surface area contributed by atoms with Gasteiger partial charge in [-0.15, -0.1) is 0 Å². The maximum atomic E-state index is 12.2. The monoisotopic (exact) mass is 245 g/mol. The van der Waals surface area contributed by atoms with Crippen LogP contribution in [0.3, 0.4) is 0 Å². The molecule has 1 amide bonds. The van der Waals surface area contributed by atoms with Crippen molar-refractivity contribution >= 4 is 11.6 Å². The van der Waals surface area contributed by atoms with E-state index in [-0.39, 0.29) is 17.9 Å². The molecule has 96 valence electrons. The van der Waals surface area contributed by atoms with Crippen LogP contribution in [-0.2, 0) is 4.79 Å². The van der Waals surface area contributed by atoms with Crippen molar-refractivity contribution in [2.45, 2.75) is 32.2 Å². The van der Waals surface area contributed by atoms with E-state index in [9.17, 15) is 4.79 Å². The molecule has 1 rings (SSSR count). The third-order valence-corrected chi connectivity index (χ3v) is 3.18. The molecule has 0 aliphatic heterocycles. The Hall–Kier alpha value is -2.02. The van der Waals surface area contributed by atoms with Crippen LogP contribution < -0.4 is 5.73 Å². The minimum Gasteiger partial charge on any atom is -0.399 e. The number of carbonyl (C=O) groups is 1. The van der Waals surface area contributed by atoms with Crippen LogP contribution in [0.2, 0.25) is 0 Å². The van der Waals surface area contributed by atoms with E-state index < -0.39 is 0 Å². The first-order chi connectivity index (χ1) is 8.47. The summed E-state index contributed by atoms with van der Waals surface area (Å²) in [6, 6.07) is 9.34. The van der Waals surface area contributed by atoms with Crippen molar-refractivity contribution in [3.63, 3.8) is 0 Å². The average Bonchev–Trinajstić information content (AvgIpc) is 2.36. The van der Waals surface area contributed by atoms with Gasteiger partial charge >= 0.3 is 0 Å². The molecule has 0 aliphatic carbocycles. The van der Waals surface area contributed by atoms with Crippen molar-refractivity contribution in [2.24, 2.45) is 0 Å². The molecule has 2 atom stereocenters. The quantitative estimate of drug-likeness (QED) is 0.826. The maximum absolute atomic E-state index is 12.2. The molecular weight excluding hydrogens is 226 g/mol. The first-order valence-corrected chi connectivity index (χ1v) is 5.96. The number of nitriles is 1. The summed E-state index contributed by atoms with van der Waals surface area (Å²) >= 11 is 0. The average molecular weight is 245 g/mol. The van der Waals surface area contributed by atoms with Gasteiger partial charge in [-0.3, -0.25) is 4.79 Å². The van der Waals surface area contributed by atoms with Gasteiger partial charge in [0.2, 0.25) is 5.91 Å². The highest BCUT2D eigenvalue weighted by molar-refractivity contribution is 5.83. The molecule has 0 saturated carbocycles. The normalized spacial score (nSPS) is 13.4. The van der Waals surface area contributed by atoms with Gasteiger partial charge in [-0.2, -0.15) is 5.26 Å². The van der Waals surface area contributed by atoms with E-state index in [1.807, 2.05) is 32.0 Å². The molecule has 4 heteroatoms. The standard InChI is InChI=1S/C14H19N3O/c1-10(7-8-15)17(3)14(18)11(2)12-5-4-6-13(16)9-12/h4-6,9-11H,7,16H2,1-3H3. The van der Waals surface area contributed by atoms with Crippen LogP contribution >= 0.6 is 0 Å². The van der Waals surface area contributed by atoms with Gasteiger partial charge in [0.15, 0.2) is 0 Å². The lowest BCUT2D eigenvalue weighted by molar-refractivity contribution is -0.132. The summed E-state index contributed by atoms with van der Waals surface area (Å²) in [6.07, 6.45) is 0.339. The van der Waals surface area contributed by atoms with Crippen molar-refractivity contribution in [3.05, 3.63) is 29.8 Å². The fourth-order valence-corrected chi connectivity index (χ4v) is 1.76. The third-order valence-electron chi connectivity index (χ3n) is 3.18. The van der Waals surface area contributed by atoms with Crippen LogP contribution in [0, 0.1) is 11.3 Å². The summed E-state index contributed by atoms with van der Waals surface area (Å²) in [5.41, 5.74) is 7.26. The second kappa shape index (κ2) is 6.06. The van der Waals surface area contributed by atoms with Crippen molar-refractivity contribution in [1.82, 2.24) is 4.90 Å². The van der Waals surface area contributed by atoms with Gasteiger partial charge in [-0.1, -0.05) is 12.1 Å². The first kappa shape index (κ1) is 14.0. The highest BCUT2D eigenvalue weighted by Gasteiger charge is 2.22. The van der Waals surface area contributed by atoms with Crippen molar-refractivity contribution in [2.75, 3.05) is 12.8 Å². The van der Waals surface area contributed by atoms with E-state index in [4.69, 9.17) is 11.0 Å². The number of anilines is 1. The molecule has 2 unspecified atom stereocenters. The summed E-state index contributed by atoms with van der Waals surface area (Å²) in [5, 5.41) is 8.65. The van der Waals surface area contributed by atoms with E-state index in [1.54, 1.807) is 18.0 Å². The molecule has 0 fully saturated rings. The molecule has 0 bridgehead atoms. The van der Waals surface area contributed by atoms with Crippen LogP contribution in [0.25, 0.3) is 0 Å². The van der Waals surface area contributed by atoms with Crippen LogP contribution in [-0.4, -0.2) is 23.9 Å². The first-order valence-electron chi connectivity index (χ1n) is 5.96. The van der Waals surface area contributed by atoms with Gasteiger partial charge in [0.25, 0.3) is 0 Å². The number of carbonyl (C=O) groups excluding carboxylic acids is 1. The van der Waals surface area contributed by atoms with Crippen LogP contribution in [0.4, 0.5) is 5.69 Å². The minimum absolute atomic E-state index is 0.00310. The molecule has 0 saturated heterocycles. The minimum atomic E-state index is -0.250. The topological polar surface area (TPSA) is 70.1 Å².